The molecule has 0 unspecified atom stereocenters. The topological polar surface area (TPSA) is 115 Å². The fourth-order valence-corrected chi connectivity index (χ4v) is 3.72. The first-order valence-corrected chi connectivity index (χ1v) is 10.6. The third-order valence-electron chi connectivity index (χ3n) is 5.41. The van der Waals surface area contributed by atoms with Crippen molar-refractivity contribution in [2.75, 3.05) is 30.4 Å². The van der Waals surface area contributed by atoms with E-state index in [4.69, 9.17) is 9.72 Å². The minimum Gasteiger partial charge on any atom is -0.478 e. The highest BCUT2D eigenvalue weighted by molar-refractivity contribution is 5.87. The summed E-state index contributed by atoms with van der Waals surface area (Å²) in [6.07, 6.45) is 2.58. The molecule has 3 aromatic rings. The maximum Gasteiger partial charge on any atom is 0.256 e. The van der Waals surface area contributed by atoms with Gasteiger partial charge in [-0.05, 0) is 13.8 Å². The van der Waals surface area contributed by atoms with Gasteiger partial charge in [0.05, 0.1) is 32.2 Å². The molecule has 2 atom stereocenters. The number of ether oxygens (including phenoxy) is 1. The quantitative estimate of drug-likeness (QED) is 0.567. The summed E-state index contributed by atoms with van der Waals surface area (Å²) >= 11 is 0. The van der Waals surface area contributed by atoms with Gasteiger partial charge in [0, 0.05) is 26.1 Å². The number of methoxy groups -OCH3 is 1. The molecule has 0 bridgehead atoms. The molecule has 4 heterocycles. The maximum absolute atomic E-state index is 14.7. The molecule has 4 rings (SSSR count). The third-order valence-corrected chi connectivity index (χ3v) is 5.41. The van der Waals surface area contributed by atoms with Crippen LogP contribution in [0.4, 0.5) is 21.8 Å². The number of nitrogens with one attached hydrogen (secondary N) is 2. The van der Waals surface area contributed by atoms with Gasteiger partial charge in [-0.1, -0.05) is 6.92 Å². The Bertz CT molecular complexity index is 1130. The number of anilines is 3. The SMILES string of the molecule is CCC(=O)N[C@@H]1CN(c2nc(Nc3cn(C)nc3OC)c3ncn(C(C)C)c3n2)C[C@H]1F. The van der Waals surface area contributed by atoms with Gasteiger partial charge < -0.3 is 24.8 Å². The molecule has 11 nitrogen and oxygen atoms in total. The predicted octanol–water partition coefficient (Wildman–Crippen LogP) is 1.95. The Kier molecular flexibility index (Phi) is 5.85. The van der Waals surface area contributed by atoms with E-state index in [1.54, 1.807) is 43.2 Å². The number of fused-ring (bicyclic) bond motifs is 1. The van der Waals surface area contributed by atoms with E-state index in [1.165, 1.54) is 0 Å². The lowest BCUT2D eigenvalue weighted by molar-refractivity contribution is -0.121. The van der Waals surface area contributed by atoms with Crippen molar-refractivity contribution in [2.24, 2.45) is 7.05 Å². The molecule has 32 heavy (non-hydrogen) atoms. The number of aromatic nitrogens is 6. The van der Waals surface area contributed by atoms with Crippen molar-refractivity contribution in [2.45, 2.75) is 45.4 Å². The zero-order valence-corrected chi connectivity index (χ0v) is 18.8. The predicted molar refractivity (Wildman–Crippen MR) is 118 cm³/mol. The van der Waals surface area contributed by atoms with Crippen LogP contribution in [0.5, 0.6) is 5.88 Å². The molecular weight excluding hydrogens is 417 g/mol. The molecule has 172 valence electrons. The van der Waals surface area contributed by atoms with Gasteiger partial charge in [0.2, 0.25) is 11.9 Å². The number of rotatable bonds is 7. The number of halogens is 1. The lowest BCUT2D eigenvalue weighted by Gasteiger charge is -2.18. The molecule has 0 aliphatic carbocycles. The Morgan fingerprint density at radius 2 is 2.12 bits per heavy atom. The van der Waals surface area contributed by atoms with Crippen LogP contribution in [0.15, 0.2) is 12.5 Å². The summed E-state index contributed by atoms with van der Waals surface area (Å²) in [5, 5.41) is 10.2. The zero-order valence-electron chi connectivity index (χ0n) is 18.8. The lowest BCUT2D eigenvalue weighted by Crippen LogP contribution is -2.41. The van der Waals surface area contributed by atoms with Crippen LogP contribution >= 0.6 is 0 Å². The second-order valence-electron chi connectivity index (χ2n) is 8.09. The molecular formula is C20H28FN9O2. The minimum atomic E-state index is -1.21. The molecule has 0 aromatic carbocycles. The smallest absolute Gasteiger partial charge is 0.256 e. The Labute approximate surface area is 185 Å². The molecule has 0 radical (unpaired) electrons. The molecule has 12 heteroatoms. The highest BCUT2D eigenvalue weighted by Crippen LogP contribution is 2.31. The van der Waals surface area contributed by atoms with Gasteiger partial charge in [-0.25, -0.2) is 9.37 Å². The van der Waals surface area contributed by atoms with Crippen LogP contribution in [-0.4, -0.2) is 67.6 Å². The largest absolute Gasteiger partial charge is 0.478 e. The molecule has 2 N–H and O–H groups in total. The van der Waals surface area contributed by atoms with Crippen molar-refractivity contribution >= 4 is 34.5 Å². The molecule has 1 aliphatic rings. The zero-order chi connectivity index (χ0) is 23.0. The molecule has 1 saturated heterocycles. The standard InChI is InChI=1S/C20H28FN9O2/c1-6-15(31)23-13-9-29(7-12(13)21)20-25-17(24-14-8-28(4)27-19(14)32-5)16-18(26-20)30(10-22-16)11(2)3/h8,10-13H,6-7,9H2,1-5H3,(H,23,31)(H,24,25,26)/t12-,13-/m1/s1. The van der Waals surface area contributed by atoms with E-state index in [2.05, 4.69) is 25.7 Å². The average molecular weight is 446 g/mol. The number of carbonyl (C=O) groups is 1. The Balaban J connectivity index is 1.73. The second-order valence-corrected chi connectivity index (χ2v) is 8.09. The molecule has 0 saturated carbocycles. The summed E-state index contributed by atoms with van der Waals surface area (Å²) in [7, 11) is 3.33. The number of imidazole rings is 1. The Morgan fingerprint density at radius 3 is 2.81 bits per heavy atom. The van der Waals surface area contributed by atoms with E-state index < -0.39 is 12.2 Å². The molecule has 1 amide bonds. The Morgan fingerprint density at radius 1 is 1.34 bits per heavy atom. The van der Waals surface area contributed by atoms with Crippen LogP contribution in [0.1, 0.15) is 33.2 Å². The van der Waals surface area contributed by atoms with Crippen LogP contribution in [0.25, 0.3) is 11.2 Å². The van der Waals surface area contributed by atoms with E-state index in [0.717, 1.165) is 0 Å². The number of amides is 1. The summed E-state index contributed by atoms with van der Waals surface area (Å²) < 4.78 is 23.6. The highest BCUT2D eigenvalue weighted by atomic mass is 19.1. The maximum atomic E-state index is 14.7. The lowest BCUT2D eigenvalue weighted by atomic mass is 10.2. The van der Waals surface area contributed by atoms with Crippen molar-refractivity contribution in [3.8, 4) is 5.88 Å². The molecule has 0 spiro atoms. The summed E-state index contributed by atoms with van der Waals surface area (Å²) in [5.74, 6) is 1.06. The van der Waals surface area contributed by atoms with Crippen LogP contribution < -0.4 is 20.3 Å². The number of hydrogen-bond acceptors (Lipinski definition) is 8. The number of aryl methyl sites for hydroxylation is 1. The van der Waals surface area contributed by atoms with Gasteiger partial charge in [-0.3, -0.25) is 9.48 Å². The number of hydrogen-bond donors (Lipinski definition) is 2. The minimum absolute atomic E-state index is 0.0889. The van der Waals surface area contributed by atoms with E-state index in [0.29, 0.717) is 40.9 Å². The van der Waals surface area contributed by atoms with E-state index in [-0.39, 0.29) is 25.0 Å². The average Bonchev–Trinajstić information content (AvgIpc) is 3.44. The van der Waals surface area contributed by atoms with E-state index in [9.17, 15) is 9.18 Å². The second kappa shape index (κ2) is 8.60. The van der Waals surface area contributed by atoms with E-state index >= 15 is 0 Å². The van der Waals surface area contributed by atoms with Crippen molar-refractivity contribution < 1.29 is 13.9 Å². The molecule has 1 aliphatic heterocycles. The van der Waals surface area contributed by atoms with Gasteiger partial charge in [0.25, 0.3) is 5.88 Å². The van der Waals surface area contributed by atoms with Crippen molar-refractivity contribution in [1.82, 2.24) is 34.6 Å². The highest BCUT2D eigenvalue weighted by Gasteiger charge is 2.35. The third kappa shape index (κ3) is 4.04. The number of alkyl halides is 1. The fraction of sp³-hybridized carbons (Fsp3) is 0.550. The van der Waals surface area contributed by atoms with Crippen molar-refractivity contribution in [1.29, 1.82) is 0 Å². The van der Waals surface area contributed by atoms with Gasteiger partial charge in [0.1, 0.15) is 11.9 Å². The first-order chi connectivity index (χ1) is 15.3. The van der Waals surface area contributed by atoms with Crippen LogP contribution in [0.3, 0.4) is 0 Å². The molecule has 3 aromatic heterocycles. The van der Waals surface area contributed by atoms with E-state index in [1.807, 2.05) is 18.4 Å². The normalized spacial score (nSPS) is 18.5. The molecule has 1 fully saturated rings. The monoisotopic (exact) mass is 445 g/mol. The first kappa shape index (κ1) is 21.8. The van der Waals surface area contributed by atoms with Crippen LogP contribution in [-0.2, 0) is 11.8 Å². The number of nitrogens with zero attached hydrogens (tertiary/aromatic N) is 7. The van der Waals surface area contributed by atoms with Gasteiger partial charge in [-0.2, -0.15) is 9.97 Å². The summed E-state index contributed by atoms with van der Waals surface area (Å²) in [4.78, 5) is 27.4. The van der Waals surface area contributed by atoms with Gasteiger partial charge in [0.15, 0.2) is 17.0 Å². The van der Waals surface area contributed by atoms with Crippen LogP contribution in [0, 0.1) is 0 Å². The fourth-order valence-electron chi connectivity index (χ4n) is 3.72. The van der Waals surface area contributed by atoms with Gasteiger partial charge in [-0.15, -0.1) is 5.10 Å². The summed E-state index contributed by atoms with van der Waals surface area (Å²) in [6, 6.07) is -0.487. The first-order valence-electron chi connectivity index (χ1n) is 10.6. The summed E-state index contributed by atoms with van der Waals surface area (Å²) in [6.45, 7) is 6.17. The van der Waals surface area contributed by atoms with Crippen molar-refractivity contribution in [3.63, 3.8) is 0 Å². The summed E-state index contributed by atoms with van der Waals surface area (Å²) in [5.41, 5.74) is 1.84. The van der Waals surface area contributed by atoms with Crippen LogP contribution in [0.2, 0.25) is 0 Å². The van der Waals surface area contributed by atoms with Crippen molar-refractivity contribution in [3.05, 3.63) is 12.5 Å². The number of carbonyl (C=O) groups excluding carboxylic acids is 1. The van der Waals surface area contributed by atoms with Gasteiger partial charge >= 0.3 is 0 Å². The Hall–Kier alpha value is -3.44.